The highest BCUT2D eigenvalue weighted by Gasteiger charge is 2.08. The molecule has 2 aromatic rings. The molecule has 0 aliphatic carbocycles. The third kappa shape index (κ3) is 2.34. The molecular formula is C14H17N3. The number of hydrogen-bond donors (Lipinski definition) is 1. The Labute approximate surface area is 102 Å². The van der Waals surface area contributed by atoms with E-state index in [1.165, 1.54) is 5.56 Å². The first kappa shape index (κ1) is 11.7. The van der Waals surface area contributed by atoms with Crippen molar-refractivity contribution >= 4 is 0 Å². The Hall–Kier alpha value is -1.74. The van der Waals surface area contributed by atoms with E-state index in [-0.39, 0.29) is 0 Å². The minimum Gasteiger partial charge on any atom is -0.326 e. The van der Waals surface area contributed by atoms with Gasteiger partial charge in [0, 0.05) is 29.1 Å². The largest absolute Gasteiger partial charge is 0.326 e. The van der Waals surface area contributed by atoms with Crippen molar-refractivity contribution in [3.05, 3.63) is 46.8 Å². The Morgan fingerprint density at radius 2 is 1.71 bits per heavy atom. The minimum atomic E-state index is 0.492. The second-order valence-electron chi connectivity index (χ2n) is 4.27. The molecule has 0 saturated heterocycles. The number of nitrogens with two attached hydrogens (primary N) is 1. The lowest BCUT2D eigenvalue weighted by Gasteiger charge is -2.09. The van der Waals surface area contributed by atoms with Crippen molar-refractivity contribution < 1.29 is 0 Å². The lowest BCUT2D eigenvalue weighted by atomic mass is 10.1. The molecule has 2 N–H and O–H groups in total. The Bertz CT molecular complexity index is 524. The smallest absolute Gasteiger partial charge is 0.159 e. The van der Waals surface area contributed by atoms with Crippen LogP contribution >= 0.6 is 0 Å². The molecule has 1 aromatic heterocycles. The highest BCUT2D eigenvalue weighted by atomic mass is 14.9. The standard InChI is InChI=1S/C14H17N3/c1-9-5-4-6-12(7-9)14-16-10(2)13(8-15)11(3)17-14/h4-7H,8,15H2,1-3H3. The molecule has 3 nitrogen and oxygen atoms in total. The molecule has 0 fully saturated rings. The summed E-state index contributed by atoms with van der Waals surface area (Å²) in [5, 5.41) is 0. The van der Waals surface area contributed by atoms with E-state index in [0.717, 1.165) is 28.3 Å². The highest BCUT2D eigenvalue weighted by Crippen LogP contribution is 2.19. The number of benzene rings is 1. The van der Waals surface area contributed by atoms with Crippen LogP contribution < -0.4 is 5.73 Å². The lowest BCUT2D eigenvalue weighted by Crippen LogP contribution is -2.07. The van der Waals surface area contributed by atoms with E-state index in [0.29, 0.717) is 6.54 Å². The molecule has 0 radical (unpaired) electrons. The van der Waals surface area contributed by atoms with Gasteiger partial charge in [-0.1, -0.05) is 23.8 Å². The molecule has 0 aliphatic heterocycles. The zero-order valence-corrected chi connectivity index (χ0v) is 10.5. The van der Waals surface area contributed by atoms with Gasteiger partial charge < -0.3 is 5.73 Å². The normalized spacial score (nSPS) is 10.6. The van der Waals surface area contributed by atoms with E-state index in [1.54, 1.807) is 0 Å². The van der Waals surface area contributed by atoms with E-state index in [9.17, 15) is 0 Å². The van der Waals surface area contributed by atoms with Gasteiger partial charge in [-0.15, -0.1) is 0 Å². The van der Waals surface area contributed by atoms with Crippen LogP contribution in [0.15, 0.2) is 24.3 Å². The van der Waals surface area contributed by atoms with Gasteiger partial charge in [0.2, 0.25) is 0 Å². The number of aromatic nitrogens is 2. The molecule has 0 spiro atoms. The zero-order chi connectivity index (χ0) is 12.4. The number of hydrogen-bond acceptors (Lipinski definition) is 3. The Kier molecular flexibility index (Phi) is 3.20. The fraction of sp³-hybridized carbons (Fsp3) is 0.286. The topological polar surface area (TPSA) is 51.8 Å². The van der Waals surface area contributed by atoms with Gasteiger partial charge in [0.05, 0.1) is 0 Å². The van der Waals surface area contributed by atoms with Gasteiger partial charge in [-0.25, -0.2) is 9.97 Å². The van der Waals surface area contributed by atoms with Crippen molar-refractivity contribution in [3.8, 4) is 11.4 Å². The van der Waals surface area contributed by atoms with Crippen molar-refractivity contribution in [2.75, 3.05) is 0 Å². The maximum Gasteiger partial charge on any atom is 0.159 e. The SMILES string of the molecule is Cc1cccc(-c2nc(C)c(CN)c(C)n2)c1. The van der Waals surface area contributed by atoms with Crippen molar-refractivity contribution in [2.24, 2.45) is 5.73 Å². The molecule has 2 rings (SSSR count). The molecule has 17 heavy (non-hydrogen) atoms. The summed E-state index contributed by atoms with van der Waals surface area (Å²) in [5.74, 6) is 0.779. The van der Waals surface area contributed by atoms with E-state index < -0.39 is 0 Å². The van der Waals surface area contributed by atoms with Crippen molar-refractivity contribution in [1.82, 2.24) is 9.97 Å². The molecule has 0 atom stereocenters. The average molecular weight is 227 g/mol. The first-order valence-electron chi connectivity index (χ1n) is 5.73. The van der Waals surface area contributed by atoms with Crippen LogP contribution in [0.1, 0.15) is 22.5 Å². The van der Waals surface area contributed by atoms with Crippen LogP contribution in [0.2, 0.25) is 0 Å². The summed E-state index contributed by atoms with van der Waals surface area (Å²) in [4.78, 5) is 9.05. The van der Waals surface area contributed by atoms with E-state index in [4.69, 9.17) is 5.73 Å². The average Bonchev–Trinajstić information content (AvgIpc) is 2.28. The maximum absolute atomic E-state index is 5.68. The van der Waals surface area contributed by atoms with Crippen molar-refractivity contribution in [2.45, 2.75) is 27.3 Å². The summed E-state index contributed by atoms with van der Waals surface area (Å²) in [7, 11) is 0. The molecule has 3 heteroatoms. The molecule has 1 heterocycles. The summed E-state index contributed by atoms with van der Waals surface area (Å²) in [5.41, 5.74) is 10.9. The summed E-state index contributed by atoms with van der Waals surface area (Å²) in [6.45, 7) is 6.52. The molecule has 1 aromatic carbocycles. The van der Waals surface area contributed by atoms with Gasteiger partial charge in [0.1, 0.15) is 0 Å². The maximum atomic E-state index is 5.68. The first-order valence-corrected chi connectivity index (χ1v) is 5.73. The van der Waals surface area contributed by atoms with Crippen LogP contribution in [-0.2, 0) is 6.54 Å². The molecular weight excluding hydrogens is 210 g/mol. The molecule has 88 valence electrons. The highest BCUT2D eigenvalue weighted by molar-refractivity contribution is 5.56. The Balaban J connectivity index is 2.54. The van der Waals surface area contributed by atoms with Gasteiger partial charge in [-0.05, 0) is 26.8 Å². The van der Waals surface area contributed by atoms with Crippen LogP contribution in [0.3, 0.4) is 0 Å². The van der Waals surface area contributed by atoms with Crippen LogP contribution in [0.25, 0.3) is 11.4 Å². The number of rotatable bonds is 2. The Morgan fingerprint density at radius 3 is 2.24 bits per heavy atom. The fourth-order valence-electron chi connectivity index (χ4n) is 1.95. The Morgan fingerprint density at radius 1 is 1.06 bits per heavy atom. The van der Waals surface area contributed by atoms with Gasteiger partial charge in [0.25, 0.3) is 0 Å². The molecule has 0 unspecified atom stereocenters. The lowest BCUT2D eigenvalue weighted by molar-refractivity contribution is 0.939. The van der Waals surface area contributed by atoms with Crippen LogP contribution in [0, 0.1) is 20.8 Å². The van der Waals surface area contributed by atoms with Crippen molar-refractivity contribution in [3.63, 3.8) is 0 Å². The molecule has 0 bridgehead atoms. The predicted octanol–water partition coefficient (Wildman–Crippen LogP) is 2.53. The van der Waals surface area contributed by atoms with Gasteiger partial charge in [-0.3, -0.25) is 0 Å². The fourth-order valence-corrected chi connectivity index (χ4v) is 1.95. The predicted molar refractivity (Wildman–Crippen MR) is 69.6 cm³/mol. The van der Waals surface area contributed by atoms with Crippen LogP contribution in [-0.4, -0.2) is 9.97 Å². The second-order valence-corrected chi connectivity index (χ2v) is 4.27. The summed E-state index contributed by atoms with van der Waals surface area (Å²) < 4.78 is 0. The third-order valence-electron chi connectivity index (χ3n) is 2.90. The molecule has 0 saturated carbocycles. The molecule has 0 amide bonds. The summed E-state index contributed by atoms with van der Waals surface area (Å²) in [6.07, 6.45) is 0. The van der Waals surface area contributed by atoms with Gasteiger partial charge in [-0.2, -0.15) is 0 Å². The van der Waals surface area contributed by atoms with Gasteiger partial charge >= 0.3 is 0 Å². The summed E-state index contributed by atoms with van der Waals surface area (Å²) >= 11 is 0. The number of aryl methyl sites for hydroxylation is 3. The zero-order valence-electron chi connectivity index (χ0n) is 10.5. The van der Waals surface area contributed by atoms with E-state index in [2.05, 4.69) is 29.0 Å². The first-order chi connectivity index (χ1) is 8.11. The van der Waals surface area contributed by atoms with E-state index >= 15 is 0 Å². The molecule has 0 aliphatic rings. The van der Waals surface area contributed by atoms with E-state index in [1.807, 2.05) is 26.0 Å². The van der Waals surface area contributed by atoms with Crippen LogP contribution in [0.5, 0.6) is 0 Å². The second kappa shape index (κ2) is 4.63. The van der Waals surface area contributed by atoms with Gasteiger partial charge in [0.15, 0.2) is 5.82 Å². The van der Waals surface area contributed by atoms with Crippen molar-refractivity contribution in [1.29, 1.82) is 0 Å². The summed E-state index contributed by atoms with van der Waals surface area (Å²) in [6, 6.07) is 8.21. The number of nitrogens with zero attached hydrogens (tertiary/aromatic N) is 2. The monoisotopic (exact) mass is 227 g/mol. The quantitative estimate of drug-likeness (QED) is 0.857. The third-order valence-corrected chi connectivity index (χ3v) is 2.90. The minimum absolute atomic E-state index is 0.492. The van der Waals surface area contributed by atoms with Crippen LogP contribution in [0.4, 0.5) is 0 Å².